The van der Waals surface area contributed by atoms with Crippen molar-refractivity contribution in [1.82, 2.24) is 0 Å². The zero-order valence-electron chi connectivity index (χ0n) is 27.3. The molecular weight excluding hydrogens is 613 g/mol. The normalized spacial score (nSPS) is 12.9. The van der Waals surface area contributed by atoms with E-state index in [2.05, 4.69) is 109 Å². The SMILES string of the molecule is Oc1ccc2c(c1-c1c(N=Cc3ccc(C=Nc4ccc5ccccc5c4-c4cccc5ccccc45)o3)ccc3ccccc13)=CCCC=2. The Balaban J connectivity index is 1.10. The lowest BCUT2D eigenvalue weighted by Crippen LogP contribution is -2.28. The Morgan fingerprint density at radius 1 is 0.480 bits per heavy atom. The van der Waals surface area contributed by atoms with E-state index in [1.54, 1.807) is 18.5 Å². The zero-order valence-corrected chi connectivity index (χ0v) is 27.3. The van der Waals surface area contributed by atoms with Crippen molar-refractivity contribution < 1.29 is 9.52 Å². The molecule has 1 N–H and O–H groups in total. The van der Waals surface area contributed by atoms with Crippen LogP contribution in [0, 0.1) is 0 Å². The Morgan fingerprint density at radius 3 is 1.74 bits per heavy atom. The average molecular weight is 645 g/mol. The number of fused-ring (bicyclic) bond motifs is 4. The zero-order chi connectivity index (χ0) is 33.4. The van der Waals surface area contributed by atoms with Crippen LogP contribution in [-0.4, -0.2) is 17.5 Å². The smallest absolute Gasteiger partial charge is 0.145 e. The lowest BCUT2D eigenvalue weighted by molar-refractivity contribution is 0.477. The Hall–Kier alpha value is -6.52. The number of hydrogen-bond acceptors (Lipinski definition) is 4. The molecule has 7 aromatic carbocycles. The van der Waals surface area contributed by atoms with Crippen LogP contribution in [-0.2, 0) is 0 Å². The molecule has 1 aliphatic carbocycles. The Bertz CT molecular complexity index is 2780. The first-order valence-electron chi connectivity index (χ1n) is 16.9. The van der Waals surface area contributed by atoms with Crippen molar-refractivity contribution in [3.8, 4) is 28.0 Å². The summed E-state index contributed by atoms with van der Waals surface area (Å²) >= 11 is 0. The number of rotatable bonds is 6. The van der Waals surface area contributed by atoms with Crippen molar-refractivity contribution in [2.24, 2.45) is 9.98 Å². The second kappa shape index (κ2) is 12.5. The molecule has 50 heavy (non-hydrogen) atoms. The molecule has 8 aromatic rings. The van der Waals surface area contributed by atoms with Crippen LogP contribution in [0.3, 0.4) is 0 Å². The van der Waals surface area contributed by atoms with Crippen LogP contribution in [0.25, 0.3) is 66.7 Å². The monoisotopic (exact) mass is 644 g/mol. The molecule has 4 heteroatoms. The molecule has 238 valence electrons. The molecule has 0 unspecified atom stereocenters. The highest BCUT2D eigenvalue weighted by Crippen LogP contribution is 2.41. The molecule has 0 fully saturated rings. The van der Waals surface area contributed by atoms with E-state index in [1.165, 1.54) is 16.2 Å². The van der Waals surface area contributed by atoms with Crippen molar-refractivity contribution in [2.45, 2.75) is 12.8 Å². The number of nitrogens with zero attached hydrogens (tertiary/aromatic N) is 2. The van der Waals surface area contributed by atoms with E-state index in [0.29, 0.717) is 11.5 Å². The Morgan fingerprint density at radius 2 is 1.04 bits per heavy atom. The number of furan rings is 1. The third kappa shape index (κ3) is 5.28. The minimum absolute atomic E-state index is 0.246. The molecule has 0 amide bonds. The molecule has 0 saturated heterocycles. The minimum Gasteiger partial charge on any atom is -0.507 e. The maximum atomic E-state index is 11.2. The summed E-state index contributed by atoms with van der Waals surface area (Å²) in [5.74, 6) is 1.48. The lowest BCUT2D eigenvalue weighted by atomic mass is 9.92. The summed E-state index contributed by atoms with van der Waals surface area (Å²) < 4.78 is 6.22. The summed E-state index contributed by atoms with van der Waals surface area (Å²) in [5.41, 5.74) is 5.58. The van der Waals surface area contributed by atoms with Crippen molar-refractivity contribution in [2.75, 3.05) is 0 Å². The molecule has 4 nitrogen and oxygen atoms in total. The van der Waals surface area contributed by atoms with Crippen molar-refractivity contribution >= 4 is 68.3 Å². The van der Waals surface area contributed by atoms with E-state index >= 15 is 0 Å². The molecular formula is C46H32N2O2. The molecule has 0 atom stereocenters. The van der Waals surface area contributed by atoms with Gasteiger partial charge in [-0.25, -0.2) is 0 Å². The average Bonchev–Trinajstić information content (AvgIpc) is 3.63. The summed E-state index contributed by atoms with van der Waals surface area (Å²) in [6.45, 7) is 0. The highest BCUT2D eigenvalue weighted by molar-refractivity contribution is 6.10. The Kier molecular flexibility index (Phi) is 7.40. The van der Waals surface area contributed by atoms with E-state index in [0.717, 1.165) is 73.1 Å². The van der Waals surface area contributed by atoms with E-state index in [4.69, 9.17) is 14.4 Å². The van der Waals surface area contributed by atoms with Gasteiger partial charge in [-0.3, -0.25) is 9.98 Å². The van der Waals surface area contributed by atoms with Crippen molar-refractivity contribution in [3.63, 3.8) is 0 Å². The van der Waals surface area contributed by atoms with Gasteiger partial charge in [-0.1, -0.05) is 121 Å². The summed E-state index contributed by atoms with van der Waals surface area (Å²) in [6, 6.07) is 47.5. The van der Waals surface area contributed by atoms with E-state index in [1.807, 2.05) is 36.4 Å². The van der Waals surface area contributed by atoms with Gasteiger partial charge in [0.2, 0.25) is 0 Å². The van der Waals surface area contributed by atoms with Crippen LogP contribution >= 0.6 is 0 Å². The maximum Gasteiger partial charge on any atom is 0.145 e. The first-order chi connectivity index (χ1) is 24.7. The largest absolute Gasteiger partial charge is 0.507 e. The summed E-state index contributed by atoms with van der Waals surface area (Å²) in [4.78, 5) is 9.93. The van der Waals surface area contributed by atoms with Gasteiger partial charge < -0.3 is 9.52 Å². The van der Waals surface area contributed by atoms with Gasteiger partial charge in [-0.15, -0.1) is 0 Å². The maximum absolute atomic E-state index is 11.2. The van der Waals surface area contributed by atoms with E-state index in [-0.39, 0.29) is 5.75 Å². The fourth-order valence-corrected chi connectivity index (χ4v) is 7.25. The van der Waals surface area contributed by atoms with Gasteiger partial charge in [-0.05, 0) is 91.5 Å². The topological polar surface area (TPSA) is 58.1 Å². The molecule has 0 saturated carbocycles. The first-order valence-corrected chi connectivity index (χ1v) is 16.9. The highest BCUT2D eigenvalue weighted by atomic mass is 16.3. The third-order valence-corrected chi connectivity index (χ3v) is 9.57. The molecule has 0 bridgehead atoms. The van der Waals surface area contributed by atoms with Crippen LogP contribution in [0.4, 0.5) is 11.4 Å². The summed E-state index contributed by atoms with van der Waals surface area (Å²) in [5, 5.41) is 20.2. The Labute approximate surface area is 289 Å². The number of benzene rings is 7. The second-order valence-electron chi connectivity index (χ2n) is 12.6. The van der Waals surface area contributed by atoms with Gasteiger partial charge in [0, 0.05) is 16.7 Å². The van der Waals surface area contributed by atoms with Gasteiger partial charge in [0.05, 0.1) is 23.8 Å². The lowest BCUT2D eigenvalue weighted by Gasteiger charge is -2.15. The van der Waals surface area contributed by atoms with Crippen LogP contribution < -0.4 is 10.4 Å². The predicted octanol–water partition coefficient (Wildman–Crippen LogP) is 10.6. The molecule has 1 heterocycles. The fourth-order valence-electron chi connectivity index (χ4n) is 7.25. The first kappa shape index (κ1) is 29.6. The van der Waals surface area contributed by atoms with Crippen molar-refractivity contribution in [3.05, 3.63) is 161 Å². The van der Waals surface area contributed by atoms with Crippen LogP contribution in [0.2, 0.25) is 0 Å². The fraction of sp³-hybridized carbons (Fsp3) is 0.0435. The number of phenols is 1. The predicted molar refractivity (Wildman–Crippen MR) is 209 cm³/mol. The number of aliphatic imine (C=N–C) groups is 2. The quantitative estimate of drug-likeness (QED) is 0.183. The second-order valence-corrected chi connectivity index (χ2v) is 12.6. The standard InChI is InChI=1S/C46H32N2O2/c49-43-27-22-33-13-4-8-18-39(33)46(43)45-38-17-7-3-12-32(38)21-26-42(45)48-29-35-24-23-34(50-35)28-47-41-25-20-31-11-2-6-16-37(31)44(41)40-19-9-14-30-10-1-5-15-36(30)40/h1-3,5-7,9-29,49H,4,8H2. The van der Waals surface area contributed by atoms with Gasteiger partial charge in [-0.2, -0.15) is 0 Å². The molecule has 1 aliphatic rings. The van der Waals surface area contributed by atoms with Crippen LogP contribution in [0.5, 0.6) is 5.75 Å². The van der Waals surface area contributed by atoms with E-state index in [9.17, 15) is 5.11 Å². The molecule has 0 aliphatic heterocycles. The van der Waals surface area contributed by atoms with Crippen molar-refractivity contribution in [1.29, 1.82) is 0 Å². The highest BCUT2D eigenvalue weighted by Gasteiger charge is 2.17. The van der Waals surface area contributed by atoms with Gasteiger partial charge in [0.1, 0.15) is 17.3 Å². The number of phenolic OH excluding ortho intramolecular Hbond substituents is 1. The molecule has 0 spiro atoms. The molecule has 1 aromatic heterocycles. The van der Waals surface area contributed by atoms with Crippen LogP contribution in [0.1, 0.15) is 24.4 Å². The van der Waals surface area contributed by atoms with Gasteiger partial charge in [0.15, 0.2) is 0 Å². The molecule has 9 rings (SSSR count). The van der Waals surface area contributed by atoms with Gasteiger partial charge in [0.25, 0.3) is 0 Å². The summed E-state index contributed by atoms with van der Waals surface area (Å²) in [6.07, 6.45) is 9.91. The number of aromatic hydroxyl groups is 1. The van der Waals surface area contributed by atoms with E-state index < -0.39 is 0 Å². The molecule has 0 radical (unpaired) electrons. The van der Waals surface area contributed by atoms with Gasteiger partial charge >= 0.3 is 0 Å². The third-order valence-electron chi connectivity index (χ3n) is 9.57. The van der Waals surface area contributed by atoms with Crippen LogP contribution in [0.15, 0.2) is 154 Å². The minimum atomic E-state index is 0.246. The summed E-state index contributed by atoms with van der Waals surface area (Å²) in [7, 11) is 0. The number of hydrogen-bond donors (Lipinski definition) is 1.